The van der Waals surface area contributed by atoms with E-state index in [4.69, 9.17) is 0 Å². The van der Waals surface area contributed by atoms with Gasteiger partial charge >= 0.3 is 0 Å². The van der Waals surface area contributed by atoms with E-state index in [2.05, 4.69) is 12.2 Å². The molecule has 1 aliphatic heterocycles. The van der Waals surface area contributed by atoms with Gasteiger partial charge in [0, 0.05) is 6.54 Å². The van der Waals surface area contributed by atoms with Gasteiger partial charge in [0.1, 0.15) is 5.54 Å². The van der Waals surface area contributed by atoms with E-state index in [1.54, 1.807) is 4.90 Å². The van der Waals surface area contributed by atoms with E-state index < -0.39 is 5.54 Å². The van der Waals surface area contributed by atoms with Crippen molar-refractivity contribution in [3.8, 4) is 0 Å². The summed E-state index contributed by atoms with van der Waals surface area (Å²) in [5, 5.41) is 2.84. The van der Waals surface area contributed by atoms with Crippen LogP contribution >= 0.6 is 0 Å². The van der Waals surface area contributed by atoms with E-state index in [-0.39, 0.29) is 18.4 Å². The number of nitrogens with one attached hydrogen (secondary N) is 1. The van der Waals surface area contributed by atoms with Crippen molar-refractivity contribution in [2.45, 2.75) is 58.4 Å². The van der Waals surface area contributed by atoms with E-state index in [0.29, 0.717) is 18.3 Å². The third kappa shape index (κ3) is 2.93. The number of carbonyl (C=O) groups is 2. The maximum absolute atomic E-state index is 12.5. The van der Waals surface area contributed by atoms with Gasteiger partial charge in [0.25, 0.3) is 0 Å². The summed E-state index contributed by atoms with van der Waals surface area (Å²) < 4.78 is 0. The van der Waals surface area contributed by atoms with Crippen molar-refractivity contribution >= 4 is 11.8 Å². The fourth-order valence-electron chi connectivity index (χ4n) is 3.33. The molecular formula is C15H26N2O2. The van der Waals surface area contributed by atoms with Crippen molar-refractivity contribution in [3.63, 3.8) is 0 Å². The van der Waals surface area contributed by atoms with Gasteiger partial charge in [-0.3, -0.25) is 9.59 Å². The molecule has 1 aliphatic carbocycles. The molecule has 0 aromatic heterocycles. The molecule has 0 bridgehead atoms. The Balaban J connectivity index is 2.06. The molecule has 0 aromatic carbocycles. The Kier molecular flexibility index (Phi) is 4.16. The molecule has 1 saturated carbocycles. The van der Waals surface area contributed by atoms with Gasteiger partial charge < -0.3 is 10.2 Å². The number of hydrogen-bond acceptors (Lipinski definition) is 2. The predicted octanol–water partition coefficient (Wildman–Crippen LogP) is 1.94. The van der Waals surface area contributed by atoms with Gasteiger partial charge in [-0.1, -0.05) is 33.1 Å². The molecule has 19 heavy (non-hydrogen) atoms. The number of rotatable bonds is 3. The third-order valence-electron chi connectivity index (χ3n) is 4.96. The summed E-state index contributed by atoms with van der Waals surface area (Å²) in [6.45, 7) is 7.05. The van der Waals surface area contributed by atoms with Crippen LogP contribution in [0, 0.1) is 11.8 Å². The summed E-state index contributed by atoms with van der Waals surface area (Å²) in [5.74, 6) is 1.30. The summed E-state index contributed by atoms with van der Waals surface area (Å²) in [4.78, 5) is 26.1. The molecule has 108 valence electrons. The minimum atomic E-state index is -0.701. The molecule has 0 aromatic rings. The molecule has 0 radical (unpaired) electrons. The Morgan fingerprint density at radius 1 is 1.32 bits per heavy atom. The highest BCUT2D eigenvalue weighted by Crippen LogP contribution is 2.31. The van der Waals surface area contributed by atoms with E-state index in [1.165, 1.54) is 25.7 Å². The second-order valence-corrected chi connectivity index (χ2v) is 6.44. The SMILES string of the molecule is CCC1(C)NC(=O)CN(CC2CCCCC2C)C1=O. The second kappa shape index (κ2) is 5.51. The smallest absolute Gasteiger partial charge is 0.248 e. The van der Waals surface area contributed by atoms with E-state index in [1.807, 2.05) is 13.8 Å². The van der Waals surface area contributed by atoms with Gasteiger partial charge in [-0.05, 0) is 31.6 Å². The highest BCUT2D eigenvalue weighted by atomic mass is 16.2. The molecule has 2 fully saturated rings. The van der Waals surface area contributed by atoms with Gasteiger partial charge in [-0.25, -0.2) is 0 Å². The first-order valence-electron chi connectivity index (χ1n) is 7.56. The van der Waals surface area contributed by atoms with E-state index in [0.717, 1.165) is 6.54 Å². The van der Waals surface area contributed by atoms with Crippen molar-refractivity contribution in [1.29, 1.82) is 0 Å². The fraction of sp³-hybridized carbons (Fsp3) is 0.867. The average molecular weight is 266 g/mol. The van der Waals surface area contributed by atoms with Gasteiger partial charge in [0.05, 0.1) is 6.54 Å². The molecule has 3 atom stereocenters. The lowest BCUT2D eigenvalue weighted by atomic mass is 9.79. The molecule has 4 nitrogen and oxygen atoms in total. The highest BCUT2D eigenvalue weighted by Gasteiger charge is 2.42. The first kappa shape index (κ1) is 14.4. The van der Waals surface area contributed by atoms with Crippen LogP contribution in [0.15, 0.2) is 0 Å². The summed E-state index contributed by atoms with van der Waals surface area (Å²) >= 11 is 0. The van der Waals surface area contributed by atoms with E-state index in [9.17, 15) is 9.59 Å². The lowest BCUT2D eigenvalue weighted by Gasteiger charge is -2.42. The number of nitrogens with zero attached hydrogens (tertiary/aromatic N) is 1. The lowest BCUT2D eigenvalue weighted by molar-refractivity contribution is -0.150. The molecule has 1 saturated heterocycles. The van der Waals surface area contributed by atoms with Gasteiger partial charge in [0.15, 0.2) is 0 Å². The van der Waals surface area contributed by atoms with Crippen molar-refractivity contribution in [1.82, 2.24) is 10.2 Å². The van der Waals surface area contributed by atoms with Crippen molar-refractivity contribution in [2.24, 2.45) is 11.8 Å². The van der Waals surface area contributed by atoms with Gasteiger partial charge in [-0.15, -0.1) is 0 Å². The third-order valence-corrected chi connectivity index (χ3v) is 4.96. The molecule has 2 amide bonds. The topological polar surface area (TPSA) is 49.4 Å². The largest absolute Gasteiger partial charge is 0.340 e. The maximum Gasteiger partial charge on any atom is 0.248 e. The highest BCUT2D eigenvalue weighted by molar-refractivity contribution is 5.97. The Bertz CT molecular complexity index is 369. The number of carbonyl (C=O) groups excluding carboxylic acids is 2. The summed E-state index contributed by atoms with van der Waals surface area (Å²) in [7, 11) is 0. The van der Waals surface area contributed by atoms with Crippen LogP contribution in [0.4, 0.5) is 0 Å². The van der Waals surface area contributed by atoms with Crippen LogP contribution in [-0.4, -0.2) is 35.3 Å². The first-order chi connectivity index (χ1) is 8.96. The van der Waals surface area contributed by atoms with E-state index >= 15 is 0 Å². The number of piperazine rings is 1. The van der Waals surface area contributed by atoms with Crippen LogP contribution in [0.5, 0.6) is 0 Å². The molecular weight excluding hydrogens is 240 g/mol. The van der Waals surface area contributed by atoms with Crippen LogP contribution in [0.25, 0.3) is 0 Å². The first-order valence-corrected chi connectivity index (χ1v) is 7.56. The second-order valence-electron chi connectivity index (χ2n) is 6.44. The average Bonchev–Trinajstić information content (AvgIpc) is 2.38. The zero-order chi connectivity index (χ0) is 14.0. The zero-order valence-corrected chi connectivity index (χ0v) is 12.4. The van der Waals surface area contributed by atoms with Crippen LogP contribution in [0.3, 0.4) is 0 Å². The van der Waals surface area contributed by atoms with Crippen LogP contribution in [0.2, 0.25) is 0 Å². The van der Waals surface area contributed by atoms with Crippen LogP contribution < -0.4 is 5.32 Å². The molecule has 0 spiro atoms. The summed E-state index contributed by atoms with van der Waals surface area (Å²) in [5.41, 5.74) is -0.701. The molecule has 4 heteroatoms. The Hall–Kier alpha value is -1.06. The van der Waals surface area contributed by atoms with Crippen LogP contribution in [-0.2, 0) is 9.59 Å². The maximum atomic E-state index is 12.5. The summed E-state index contributed by atoms with van der Waals surface area (Å²) in [6.07, 6.45) is 5.65. The molecule has 1 heterocycles. The Morgan fingerprint density at radius 2 is 2.00 bits per heavy atom. The van der Waals surface area contributed by atoms with Crippen molar-refractivity contribution in [2.75, 3.05) is 13.1 Å². The van der Waals surface area contributed by atoms with Crippen molar-refractivity contribution in [3.05, 3.63) is 0 Å². The lowest BCUT2D eigenvalue weighted by Crippen LogP contribution is -2.65. The molecule has 3 unspecified atom stereocenters. The van der Waals surface area contributed by atoms with Crippen molar-refractivity contribution < 1.29 is 9.59 Å². The van der Waals surface area contributed by atoms with Gasteiger partial charge in [-0.2, -0.15) is 0 Å². The molecule has 2 aliphatic rings. The standard InChI is InChI=1S/C15H26N2O2/c1-4-15(3)14(19)17(10-13(18)16-15)9-12-8-6-5-7-11(12)2/h11-12H,4-10H2,1-3H3,(H,16,18). The summed E-state index contributed by atoms with van der Waals surface area (Å²) in [6, 6.07) is 0. The number of amides is 2. The minimum absolute atomic E-state index is 0.0209. The Morgan fingerprint density at radius 3 is 2.63 bits per heavy atom. The minimum Gasteiger partial charge on any atom is -0.340 e. The molecule has 2 rings (SSSR count). The zero-order valence-electron chi connectivity index (χ0n) is 12.4. The fourth-order valence-corrected chi connectivity index (χ4v) is 3.33. The Labute approximate surface area is 115 Å². The molecule has 1 N–H and O–H groups in total. The quantitative estimate of drug-likeness (QED) is 0.848. The van der Waals surface area contributed by atoms with Crippen LogP contribution in [0.1, 0.15) is 52.9 Å². The predicted molar refractivity (Wildman–Crippen MR) is 74.5 cm³/mol. The normalized spacial score (nSPS) is 36.3. The monoisotopic (exact) mass is 266 g/mol. The number of hydrogen-bond donors (Lipinski definition) is 1. The van der Waals surface area contributed by atoms with Gasteiger partial charge in [0.2, 0.25) is 11.8 Å².